The molecule has 0 aliphatic carbocycles. The number of nitrogens with one attached hydrogen (secondary N) is 1. The number of carbonyl (C=O) groups excluding carboxylic acids is 2. The van der Waals surface area contributed by atoms with Crippen LogP contribution in [0.3, 0.4) is 0 Å². The van der Waals surface area contributed by atoms with Crippen molar-refractivity contribution >= 4 is 11.7 Å². The van der Waals surface area contributed by atoms with Crippen molar-refractivity contribution in [3.63, 3.8) is 0 Å². The van der Waals surface area contributed by atoms with Crippen molar-refractivity contribution in [3.05, 3.63) is 84.3 Å². The van der Waals surface area contributed by atoms with Gasteiger partial charge in [0.25, 0.3) is 0 Å². The van der Waals surface area contributed by atoms with E-state index in [0.29, 0.717) is 12.1 Å². The molecule has 2 heterocycles. The molecular formula is C21H19N3O2. The molecule has 0 spiro atoms. The number of hydrogen-bond donors (Lipinski definition) is 1. The fourth-order valence-corrected chi connectivity index (χ4v) is 2.50. The highest BCUT2D eigenvalue weighted by molar-refractivity contribution is 5.97. The number of ketones is 1. The topological polar surface area (TPSA) is 72.0 Å². The first-order chi connectivity index (χ1) is 12.7. The molecule has 1 amide bonds. The Kier molecular flexibility index (Phi) is 5.83. The lowest BCUT2D eigenvalue weighted by Crippen LogP contribution is -2.23. The minimum absolute atomic E-state index is 0.0248. The number of carbonyl (C=O) groups is 2. The molecule has 5 nitrogen and oxygen atoms in total. The lowest BCUT2D eigenvalue weighted by Gasteiger charge is -2.06. The van der Waals surface area contributed by atoms with Crippen LogP contribution >= 0.6 is 0 Å². The summed E-state index contributed by atoms with van der Waals surface area (Å²) in [5.74, 6) is -0.172. The standard InChI is InChI=1S/C21H19N3O2/c25-20(17-5-2-1-3-6-17)10-11-21(26)24-14-16-8-9-19(23-13-16)18-7-4-12-22-15-18/h1-9,12-13,15H,10-11,14H2,(H,24,26). The predicted molar refractivity (Wildman–Crippen MR) is 99.3 cm³/mol. The first-order valence-electron chi connectivity index (χ1n) is 8.42. The molecule has 0 saturated heterocycles. The molecule has 0 atom stereocenters. The minimum atomic E-state index is -0.148. The summed E-state index contributed by atoms with van der Waals surface area (Å²) in [6.07, 6.45) is 5.59. The number of amides is 1. The van der Waals surface area contributed by atoms with Gasteiger partial charge in [-0.05, 0) is 23.8 Å². The van der Waals surface area contributed by atoms with Gasteiger partial charge in [0, 0.05) is 49.1 Å². The van der Waals surface area contributed by atoms with Gasteiger partial charge in [-0.25, -0.2) is 0 Å². The van der Waals surface area contributed by atoms with Crippen LogP contribution in [0.1, 0.15) is 28.8 Å². The van der Waals surface area contributed by atoms with E-state index in [1.54, 1.807) is 30.7 Å². The third-order valence-corrected chi connectivity index (χ3v) is 3.95. The number of nitrogens with zero attached hydrogens (tertiary/aromatic N) is 2. The number of Topliss-reactive ketones (excluding diaryl/α,β-unsaturated/α-hetero) is 1. The minimum Gasteiger partial charge on any atom is -0.352 e. The van der Waals surface area contributed by atoms with Crippen LogP contribution in [-0.4, -0.2) is 21.7 Å². The SMILES string of the molecule is O=C(CCC(=O)c1ccccc1)NCc1ccc(-c2cccnc2)nc1. The van der Waals surface area contributed by atoms with Gasteiger partial charge < -0.3 is 5.32 Å². The maximum Gasteiger partial charge on any atom is 0.220 e. The van der Waals surface area contributed by atoms with Gasteiger partial charge in [0.05, 0.1) is 5.69 Å². The second kappa shape index (κ2) is 8.67. The van der Waals surface area contributed by atoms with Crippen LogP contribution < -0.4 is 5.32 Å². The summed E-state index contributed by atoms with van der Waals surface area (Å²) >= 11 is 0. The molecule has 130 valence electrons. The summed E-state index contributed by atoms with van der Waals surface area (Å²) in [4.78, 5) is 32.4. The molecule has 3 rings (SSSR count). The molecule has 3 aromatic rings. The van der Waals surface area contributed by atoms with Crippen molar-refractivity contribution in [2.75, 3.05) is 0 Å². The zero-order valence-corrected chi connectivity index (χ0v) is 14.3. The van der Waals surface area contributed by atoms with Gasteiger partial charge in [-0.3, -0.25) is 19.6 Å². The largest absolute Gasteiger partial charge is 0.352 e. The number of hydrogen-bond acceptors (Lipinski definition) is 4. The Balaban J connectivity index is 1.46. The molecule has 1 N–H and O–H groups in total. The lowest BCUT2D eigenvalue weighted by molar-refractivity contribution is -0.121. The quantitative estimate of drug-likeness (QED) is 0.666. The highest BCUT2D eigenvalue weighted by Gasteiger charge is 2.09. The zero-order valence-electron chi connectivity index (χ0n) is 14.3. The second-order valence-electron chi connectivity index (χ2n) is 5.86. The Labute approximate surface area is 152 Å². The third-order valence-electron chi connectivity index (χ3n) is 3.95. The maximum atomic E-state index is 12.0. The van der Waals surface area contributed by atoms with Crippen molar-refractivity contribution in [3.8, 4) is 11.3 Å². The first-order valence-corrected chi connectivity index (χ1v) is 8.42. The molecule has 0 bridgehead atoms. The molecule has 0 fully saturated rings. The Morgan fingerprint density at radius 3 is 2.42 bits per heavy atom. The normalized spacial score (nSPS) is 10.3. The molecule has 0 unspecified atom stereocenters. The summed E-state index contributed by atoms with van der Waals surface area (Å²) in [5, 5.41) is 2.82. The monoisotopic (exact) mass is 345 g/mol. The number of aromatic nitrogens is 2. The summed E-state index contributed by atoms with van der Waals surface area (Å²) in [5.41, 5.74) is 3.32. The molecule has 2 aromatic heterocycles. The van der Waals surface area contributed by atoms with E-state index in [1.165, 1.54) is 0 Å². The van der Waals surface area contributed by atoms with E-state index < -0.39 is 0 Å². The average Bonchev–Trinajstić information content (AvgIpc) is 2.72. The smallest absolute Gasteiger partial charge is 0.220 e. The van der Waals surface area contributed by atoms with E-state index in [4.69, 9.17) is 0 Å². The summed E-state index contributed by atoms with van der Waals surface area (Å²) < 4.78 is 0. The molecule has 5 heteroatoms. The van der Waals surface area contributed by atoms with Crippen LogP contribution in [0.5, 0.6) is 0 Å². The van der Waals surface area contributed by atoms with Crippen molar-refractivity contribution < 1.29 is 9.59 Å². The number of benzene rings is 1. The van der Waals surface area contributed by atoms with Crippen molar-refractivity contribution in [1.82, 2.24) is 15.3 Å². The molecule has 26 heavy (non-hydrogen) atoms. The van der Waals surface area contributed by atoms with Gasteiger partial charge in [-0.15, -0.1) is 0 Å². The Bertz CT molecular complexity index is 863. The van der Waals surface area contributed by atoms with Gasteiger partial charge >= 0.3 is 0 Å². The Morgan fingerprint density at radius 2 is 1.73 bits per heavy atom. The predicted octanol–water partition coefficient (Wildman–Crippen LogP) is 3.42. The van der Waals surface area contributed by atoms with Crippen LogP contribution in [0, 0.1) is 0 Å². The molecule has 1 aromatic carbocycles. The molecule has 0 saturated carbocycles. The Morgan fingerprint density at radius 1 is 0.885 bits per heavy atom. The highest BCUT2D eigenvalue weighted by Crippen LogP contribution is 2.15. The van der Waals surface area contributed by atoms with Crippen molar-refractivity contribution in [2.24, 2.45) is 0 Å². The molecule has 0 radical (unpaired) electrons. The van der Waals surface area contributed by atoms with Crippen LogP contribution in [0.4, 0.5) is 0 Å². The number of pyridine rings is 2. The average molecular weight is 345 g/mol. The van der Waals surface area contributed by atoms with Crippen LogP contribution in [0.15, 0.2) is 73.2 Å². The fourth-order valence-electron chi connectivity index (χ4n) is 2.50. The third kappa shape index (κ3) is 4.83. The second-order valence-corrected chi connectivity index (χ2v) is 5.86. The van der Waals surface area contributed by atoms with Crippen LogP contribution in [0.25, 0.3) is 11.3 Å². The molecule has 0 aliphatic rings. The number of rotatable bonds is 7. The van der Waals surface area contributed by atoms with Gasteiger partial charge in [-0.2, -0.15) is 0 Å². The first kappa shape index (κ1) is 17.5. The van der Waals surface area contributed by atoms with Gasteiger partial charge in [-0.1, -0.05) is 36.4 Å². The van der Waals surface area contributed by atoms with Crippen LogP contribution in [0.2, 0.25) is 0 Å². The van der Waals surface area contributed by atoms with E-state index in [1.807, 2.05) is 42.5 Å². The van der Waals surface area contributed by atoms with Crippen molar-refractivity contribution in [1.29, 1.82) is 0 Å². The summed E-state index contributed by atoms with van der Waals surface area (Å²) in [6.45, 7) is 0.388. The lowest BCUT2D eigenvalue weighted by atomic mass is 10.1. The maximum absolute atomic E-state index is 12.0. The Hall–Kier alpha value is -3.34. The van der Waals surface area contributed by atoms with Gasteiger partial charge in [0.2, 0.25) is 5.91 Å². The van der Waals surface area contributed by atoms with Gasteiger partial charge in [0.1, 0.15) is 0 Å². The van der Waals surface area contributed by atoms with E-state index in [0.717, 1.165) is 16.8 Å². The highest BCUT2D eigenvalue weighted by atomic mass is 16.2. The fraction of sp³-hybridized carbons (Fsp3) is 0.143. The van der Waals surface area contributed by atoms with E-state index in [2.05, 4.69) is 15.3 Å². The van der Waals surface area contributed by atoms with E-state index >= 15 is 0 Å². The van der Waals surface area contributed by atoms with E-state index in [-0.39, 0.29) is 24.5 Å². The summed E-state index contributed by atoms with van der Waals surface area (Å²) in [6, 6.07) is 16.6. The van der Waals surface area contributed by atoms with Crippen molar-refractivity contribution in [2.45, 2.75) is 19.4 Å². The molecular weight excluding hydrogens is 326 g/mol. The molecule has 0 aliphatic heterocycles. The zero-order chi connectivity index (χ0) is 18.2. The van der Waals surface area contributed by atoms with E-state index in [9.17, 15) is 9.59 Å². The van der Waals surface area contributed by atoms with Crippen LogP contribution in [-0.2, 0) is 11.3 Å². The summed E-state index contributed by atoms with van der Waals surface area (Å²) in [7, 11) is 0. The van der Waals surface area contributed by atoms with Gasteiger partial charge in [0.15, 0.2) is 5.78 Å².